The molecule has 0 amide bonds. The van der Waals surface area contributed by atoms with E-state index >= 15 is 0 Å². The first-order chi connectivity index (χ1) is 16.0. The van der Waals surface area contributed by atoms with Gasteiger partial charge in [0, 0.05) is 30.0 Å². The molecule has 3 aliphatic carbocycles. The van der Waals surface area contributed by atoms with Crippen LogP contribution in [0.3, 0.4) is 0 Å². The van der Waals surface area contributed by atoms with Gasteiger partial charge in [-0.05, 0) is 80.9 Å². The van der Waals surface area contributed by atoms with Crippen LogP contribution in [0.5, 0.6) is 11.5 Å². The molecule has 4 N–H and O–H groups in total. The summed E-state index contributed by atoms with van der Waals surface area (Å²) in [5.41, 5.74) is 0.552. The fourth-order valence-electron chi connectivity index (χ4n) is 6.70. The molecule has 34 heavy (non-hydrogen) atoms. The first kappa shape index (κ1) is 27.3. The summed E-state index contributed by atoms with van der Waals surface area (Å²) in [4.78, 5) is 0. The van der Waals surface area contributed by atoms with Crippen molar-refractivity contribution in [2.45, 2.75) is 110 Å². The fourth-order valence-corrected chi connectivity index (χ4v) is 6.70. The van der Waals surface area contributed by atoms with E-state index in [9.17, 15) is 15.3 Å². The average Bonchev–Trinajstić information content (AvgIpc) is 3.63. The van der Waals surface area contributed by atoms with Gasteiger partial charge in [0.25, 0.3) is 0 Å². The number of fused-ring (bicyclic) bond motifs is 3. The Morgan fingerprint density at radius 2 is 1.76 bits per heavy atom. The molecule has 0 spiro atoms. The van der Waals surface area contributed by atoms with Crippen LogP contribution >= 0.6 is 0 Å². The fraction of sp³-hybridized carbons (Fsp3) is 0.793. The highest BCUT2D eigenvalue weighted by Gasteiger charge is 2.59. The Balaban J connectivity index is 0.00000158. The van der Waals surface area contributed by atoms with Crippen molar-refractivity contribution >= 4 is 0 Å². The zero-order valence-corrected chi connectivity index (χ0v) is 22.7. The number of ether oxygens (including phenoxy) is 1. The standard InChI is InChI=1S/C27H43NO4.C2H6/c1-7-27-14-22(32-6)19(26(5,31)25(2,3)4)13-18(27)20(28-15-16-8-9-16)12-17-10-11-21(29)24(30)23(17)27;1-2/h10-11,16,18-20,22,28-31H,7-9,12-15H2,1-6H3;1-2H3/t18?,19?,20?,22?,26-,27-;/m0./s1. The summed E-state index contributed by atoms with van der Waals surface area (Å²) >= 11 is 0. The monoisotopic (exact) mass is 475 g/mol. The van der Waals surface area contributed by atoms with Gasteiger partial charge in [0.15, 0.2) is 11.5 Å². The molecule has 5 nitrogen and oxygen atoms in total. The number of phenolic OH excluding ortho intramolecular Hbond substituents is 2. The summed E-state index contributed by atoms with van der Waals surface area (Å²) in [6.45, 7) is 15.5. The Morgan fingerprint density at radius 1 is 1.12 bits per heavy atom. The van der Waals surface area contributed by atoms with Crippen molar-refractivity contribution in [3.63, 3.8) is 0 Å². The molecule has 194 valence electrons. The van der Waals surface area contributed by atoms with E-state index in [0.717, 1.165) is 49.3 Å². The molecule has 3 aliphatic rings. The van der Waals surface area contributed by atoms with Gasteiger partial charge in [0.2, 0.25) is 0 Å². The van der Waals surface area contributed by atoms with Gasteiger partial charge in [-0.25, -0.2) is 0 Å². The Hall–Kier alpha value is -1.30. The molecule has 6 atom stereocenters. The maximum Gasteiger partial charge on any atom is 0.161 e. The molecule has 0 bridgehead atoms. The second-order valence-electron chi connectivity index (χ2n) is 12.0. The lowest BCUT2D eigenvalue weighted by Gasteiger charge is -2.59. The van der Waals surface area contributed by atoms with E-state index in [4.69, 9.17) is 4.74 Å². The molecule has 0 aromatic heterocycles. The topological polar surface area (TPSA) is 82.0 Å². The molecule has 0 radical (unpaired) electrons. The van der Waals surface area contributed by atoms with Crippen LogP contribution in [-0.2, 0) is 16.6 Å². The third-order valence-electron chi connectivity index (χ3n) is 9.44. The molecule has 0 aliphatic heterocycles. The molecule has 5 heteroatoms. The molecule has 0 saturated heterocycles. The lowest BCUT2D eigenvalue weighted by Crippen LogP contribution is -2.63. The van der Waals surface area contributed by atoms with Gasteiger partial charge in [-0.3, -0.25) is 0 Å². The molecule has 1 aromatic carbocycles. The van der Waals surface area contributed by atoms with Gasteiger partial charge >= 0.3 is 0 Å². The number of hydrogen-bond acceptors (Lipinski definition) is 5. The van der Waals surface area contributed by atoms with E-state index in [1.807, 2.05) is 26.8 Å². The van der Waals surface area contributed by atoms with Crippen molar-refractivity contribution in [3.8, 4) is 11.5 Å². The average molecular weight is 476 g/mol. The smallest absolute Gasteiger partial charge is 0.161 e. The second-order valence-corrected chi connectivity index (χ2v) is 12.0. The van der Waals surface area contributed by atoms with Crippen LogP contribution in [-0.4, -0.2) is 46.7 Å². The van der Waals surface area contributed by atoms with Crippen LogP contribution in [0.1, 0.15) is 91.7 Å². The van der Waals surface area contributed by atoms with Gasteiger partial charge in [-0.15, -0.1) is 0 Å². The Kier molecular flexibility index (Phi) is 8.01. The lowest BCUT2D eigenvalue weighted by molar-refractivity contribution is -0.167. The predicted octanol–water partition coefficient (Wildman–Crippen LogP) is 5.53. The van der Waals surface area contributed by atoms with Gasteiger partial charge in [0.1, 0.15) is 0 Å². The van der Waals surface area contributed by atoms with Crippen LogP contribution in [0, 0.1) is 23.2 Å². The Morgan fingerprint density at radius 3 is 2.29 bits per heavy atom. The number of rotatable bonds is 6. The number of benzene rings is 1. The lowest BCUT2D eigenvalue weighted by atomic mass is 9.49. The van der Waals surface area contributed by atoms with Gasteiger partial charge < -0.3 is 25.4 Å². The van der Waals surface area contributed by atoms with E-state index in [-0.39, 0.29) is 46.3 Å². The first-order valence-electron chi connectivity index (χ1n) is 13.5. The molecular formula is C29H49NO4. The molecule has 2 saturated carbocycles. The van der Waals surface area contributed by atoms with Crippen molar-refractivity contribution in [2.75, 3.05) is 13.7 Å². The maximum atomic E-state index is 11.7. The minimum Gasteiger partial charge on any atom is -0.504 e. The molecule has 0 heterocycles. The zero-order chi connectivity index (χ0) is 25.5. The van der Waals surface area contributed by atoms with Gasteiger partial charge in [-0.2, -0.15) is 0 Å². The van der Waals surface area contributed by atoms with Crippen LogP contribution in [0.2, 0.25) is 0 Å². The van der Waals surface area contributed by atoms with Crippen molar-refractivity contribution in [1.29, 1.82) is 0 Å². The predicted molar refractivity (Wildman–Crippen MR) is 138 cm³/mol. The van der Waals surface area contributed by atoms with Crippen molar-refractivity contribution < 1.29 is 20.1 Å². The third kappa shape index (κ3) is 4.60. The quantitative estimate of drug-likeness (QED) is 0.407. The van der Waals surface area contributed by atoms with Crippen LogP contribution in [0.25, 0.3) is 0 Å². The summed E-state index contributed by atoms with van der Waals surface area (Å²) in [7, 11) is 1.75. The number of aliphatic hydroxyl groups is 1. The highest BCUT2D eigenvalue weighted by atomic mass is 16.5. The summed E-state index contributed by atoms with van der Waals surface area (Å²) in [6.07, 6.45) is 5.74. The van der Waals surface area contributed by atoms with E-state index in [1.54, 1.807) is 13.2 Å². The maximum absolute atomic E-state index is 11.7. The summed E-state index contributed by atoms with van der Waals surface area (Å²) < 4.78 is 6.07. The number of methoxy groups -OCH3 is 1. The zero-order valence-electron chi connectivity index (χ0n) is 22.7. The highest BCUT2D eigenvalue weighted by Crippen LogP contribution is 2.60. The van der Waals surface area contributed by atoms with Crippen molar-refractivity contribution in [3.05, 3.63) is 23.3 Å². The van der Waals surface area contributed by atoms with Crippen molar-refractivity contribution in [2.24, 2.45) is 23.2 Å². The summed E-state index contributed by atoms with van der Waals surface area (Å²) in [5, 5.41) is 37.1. The van der Waals surface area contributed by atoms with Gasteiger partial charge in [0.05, 0.1) is 11.7 Å². The molecule has 4 rings (SSSR count). The first-order valence-corrected chi connectivity index (χ1v) is 13.5. The van der Waals surface area contributed by atoms with E-state index < -0.39 is 5.60 Å². The minimum absolute atomic E-state index is 0.0107. The van der Waals surface area contributed by atoms with Crippen LogP contribution in [0.15, 0.2) is 12.1 Å². The number of hydrogen-bond donors (Lipinski definition) is 4. The second kappa shape index (κ2) is 9.99. The number of nitrogens with one attached hydrogen (secondary N) is 1. The number of aromatic hydroxyl groups is 2. The van der Waals surface area contributed by atoms with Crippen LogP contribution < -0.4 is 5.32 Å². The minimum atomic E-state index is -0.893. The molecule has 1 aromatic rings. The normalized spacial score (nSPS) is 32.6. The summed E-state index contributed by atoms with van der Waals surface area (Å²) in [5.74, 6) is 1.01. The Labute approximate surface area is 207 Å². The van der Waals surface area contributed by atoms with E-state index in [0.29, 0.717) is 0 Å². The third-order valence-corrected chi connectivity index (χ3v) is 9.44. The summed E-state index contributed by atoms with van der Waals surface area (Å²) in [6, 6.07) is 3.89. The largest absolute Gasteiger partial charge is 0.504 e. The molecular weight excluding hydrogens is 426 g/mol. The molecule has 2 fully saturated rings. The van der Waals surface area contributed by atoms with Crippen molar-refractivity contribution in [1.82, 2.24) is 5.32 Å². The SMILES string of the molecule is CC.CC[C@]12CC(OC)C([C@](C)(O)C(C)(C)C)CC1C(NCC1CC1)Cc1ccc(O)c(O)c12. The van der Waals surface area contributed by atoms with E-state index in [1.165, 1.54) is 12.8 Å². The molecule has 4 unspecified atom stereocenters. The van der Waals surface area contributed by atoms with Gasteiger partial charge in [-0.1, -0.05) is 47.6 Å². The highest BCUT2D eigenvalue weighted by molar-refractivity contribution is 5.55. The Bertz CT molecular complexity index is 841. The van der Waals surface area contributed by atoms with E-state index in [2.05, 4.69) is 33.0 Å². The van der Waals surface area contributed by atoms with Crippen LogP contribution in [0.4, 0.5) is 0 Å². The number of phenols is 2.